The van der Waals surface area contributed by atoms with Gasteiger partial charge in [0.25, 0.3) is 0 Å². The number of β-lactam (4-membered cyclic amide) rings is 1. The van der Waals surface area contributed by atoms with Gasteiger partial charge in [-0.2, -0.15) is 0 Å². The lowest BCUT2D eigenvalue weighted by atomic mass is 9.83. The highest BCUT2D eigenvalue weighted by Crippen LogP contribution is 2.40. The van der Waals surface area contributed by atoms with Gasteiger partial charge in [0.15, 0.2) is 0 Å². The van der Waals surface area contributed by atoms with Crippen molar-refractivity contribution in [2.75, 3.05) is 0 Å². The highest BCUT2D eigenvalue weighted by atomic mass is 16.5. The van der Waals surface area contributed by atoms with Gasteiger partial charge in [-0.25, -0.2) is 4.79 Å². The molecule has 0 radical (unpaired) electrons. The molecule has 1 amide bonds. The van der Waals surface area contributed by atoms with E-state index >= 15 is 0 Å². The fraction of sp³-hybridized carbons (Fsp3) is 0.375. The Hall–Kier alpha value is -2.14. The summed E-state index contributed by atoms with van der Waals surface area (Å²) in [5.41, 5.74) is 1.20. The maximum absolute atomic E-state index is 12.1. The van der Waals surface area contributed by atoms with Crippen molar-refractivity contribution >= 4 is 11.9 Å². The zero-order valence-electron chi connectivity index (χ0n) is 11.7. The Morgan fingerprint density at radius 3 is 2.81 bits per heavy atom. The Bertz CT molecular complexity index is 594. The summed E-state index contributed by atoms with van der Waals surface area (Å²) in [4.78, 5) is 25.5. The van der Waals surface area contributed by atoms with Crippen molar-refractivity contribution in [1.82, 2.24) is 4.90 Å². The van der Waals surface area contributed by atoms with E-state index in [0.29, 0.717) is 12.1 Å². The lowest BCUT2D eigenvalue weighted by molar-refractivity contribution is -0.162. The molecule has 5 nitrogen and oxygen atoms in total. The normalized spacial score (nSPS) is 25.0. The quantitative estimate of drug-likeness (QED) is 0.668. The van der Waals surface area contributed by atoms with Crippen molar-refractivity contribution in [3.05, 3.63) is 47.7 Å². The predicted molar refractivity (Wildman–Crippen MR) is 74.7 cm³/mol. The summed E-state index contributed by atoms with van der Waals surface area (Å²) in [5.74, 6) is -1.09. The summed E-state index contributed by atoms with van der Waals surface area (Å²) in [6.07, 6.45) is 1.63. The number of esters is 1. The number of hydrogen-bond acceptors (Lipinski definition) is 4. The monoisotopic (exact) mass is 287 g/mol. The van der Waals surface area contributed by atoms with Gasteiger partial charge in [-0.1, -0.05) is 36.4 Å². The number of rotatable bonds is 4. The Kier molecular flexibility index (Phi) is 3.51. The third-order valence-electron chi connectivity index (χ3n) is 4.02. The van der Waals surface area contributed by atoms with Gasteiger partial charge in [0.1, 0.15) is 12.3 Å². The second-order valence-corrected chi connectivity index (χ2v) is 5.43. The van der Waals surface area contributed by atoms with Crippen molar-refractivity contribution in [2.24, 2.45) is 5.92 Å². The molecule has 0 aliphatic carbocycles. The van der Waals surface area contributed by atoms with Gasteiger partial charge in [0, 0.05) is 0 Å². The van der Waals surface area contributed by atoms with E-state index in [1.807, 2.05) is 30.3 Å². The molecule has 1 aromatic rings. The van der Waals surface area contributed by atoms with Crippen LogP contribution in [0.3, 0.4) is 0 Å². The van der Waals surface area contributed by atoms with Crippen LogP contribution in [0.25, 0.3) is 0 Å². The van der Waals surface area contributed by atoms with E-state index in [2.05, 4.69) is 0 Å². The Balaban J connectivity index is 1.61. The van der Waals surface area contributed by atoms with Crippen molar-refractivity contribution in [2.45, 2.75) is 32.1 Å². The Morgan fingerprint density at radius 1 is 1.43 bits per heavy atom. The van der Waals surface area contributed by atoms with Crippen LogP contribution >= 0.6 is 0 Å². The molecule has 0 spiro atoms. The number of carbonyl (C=O) groups is 2. The van der Waals surface area contributed by atoms with Crippen LogP contribution in [-0.2, 0) is 20.9 Å². The fourth-order valence-electron chi connectivity index (χ4n) is 2.95. The van der Waals surface area contributed by atoms with Gasteiger partial charge in [0.05, 0.1) is 18.1 Å². The van der Waals surface area contributed by atoms with E-state index in [9.17, 15) is 14.7 Å². The second-order valence-electron chi connectivity index (χ2n) is 5.43. The van der Waals surface area contributed by atoms with Crippen molar-refractivity contribution in [3.8, 4) is 0 Å². The number of carbonyl (C=O) groups excluding carboxylic acids is 2. The smallest absolute Gasteiger partial charge is 0.355 e. The molecule has 1 fully saturated rings. The van der Waals surface area contributed by atoms with Crippen LogP contribution in [0.4, 0.5) is 0 Å². The van der Waals surface area contributed by atoms with E-state index in [4.69, 9.17) is 4.74 Å². The number of aliphatic hydroxyl groups is 1. The first-order chi connectivity index (χ1) is 10.1. The summed E-state index contributed by atoms with van der Waals surface area (Å²) >= 11 is 0. The molecule has 0 aromatic heterocycles. The second kappa shape index (κ2) is 5.33. The predicted octanol–water partition coefficient (Wildman–Crippen LogP) is 1.23. The first-order valence-corrected chi connectivity index (χ1v) is 7.02. The first-order valence-electron chi connectivity index (χ1n) is 7.02. The zero-order chi connectivity index (χ0) is 15.0. The average Bonchev–Trinajstić information content (AvgIpc) is 2.84. The molecule has 2 aliphatic rings. The van der Waals surface area contributed by atoms with E-state index in [1.54, 1.807) is 13.0 Å². The van der Waals surface area contributed by atoms with E-state index in [1.165, 1.54) is 4.90 Å². The largest absolute Gasteiger partial charge is 0.456 e. The number of hydrogen-bond donors (Lipinski definition) is 1. The maximum atomic E-state index is 12.1. The van der Waals surface area contributed by atoms with Crippen molar-refractivity contribution in [1.29, 1.82) is 0 Å². The molecule has 1 aromatic carbocycles. The summed E-state index contributed by atoms with van der Waals surface area (Å²) < 4.78 is 5.25. The molecular weight excluding hydrogens is 270 g/mol. The van der Waals surface area contributed by atoms with Crippen molar-refractivity contribution < 1.29 is 19.4 Å². The number of ether oxygens (including phenoxy) is 1. The van der Waals surface area contributed by atoms with Crippen LogP contribution in [0.1, 0.15) is 18.9 Å². The molecule has 110 valence electrons. The molecule has 21 heavy (non-hydrogen) atoms. The number of fused-ring (bicyclic) bond motifs is 1. The van der Waals surface area contributed by atoms with Crippen LogP contribution in [0.15, 0.2) is 42.1 Å². The number of aliphatic hydroxyl groups excluding tert-OH is 1. The SMILES string of the molecule is CC(O)C1C(=O)N2C(C(=O)OCc3ccccc3)=CCC12. The fourth-order valence-corrected chi connectivity index (χ4v) is 2.95. The van der Waals surface area contributed by atoms with Gasteiger partial charge < -0.3 is 14.7 Å². The lowest BCUT2D eigenvalue weighted by Gasteiger charge is -2.44. The van der Waals surface area contributed by atoms with Crippen LogP contribution in [0.2, 0.25) is 0 Å². The lowest BCUT2D eigenvalue weighted by Crippen LogP contribution is -2.61. The minimum Gasteiger partial charge on any atom is -0.456 e. The Morgan fingerprint density at radius 2 is 2.14 bits per heavy atom. The number of benzene rings is 1. The van der Waals surface area contributed by atoms with Gasteiger partial charge in [-0.3, -0.25) is 4.79 Å². The maximum Gasteiger partial charge on any atom is 0.355 e. The first kappa shape index (κ1) is 13.8. The van der Waals surface area contributed by atoms with E-state index < -0.39 is 18.0 Å². The van der Waals surface area contributed by atoms with Crippen LogP contribution < -0.4 is 0 Å². The highest BCUT2D eigenvalue weighted by Gasteiger charge is 2.54. The van der Waals surface area contributed by atoms with E-state index in [0.717, 1.165) is 5.56 Å². The number of nitrogens with zero attached hydrogens (tertiary/aromatic N) is 1. The molecule has 1 saturated heterocycles. The molecule has 5 heteroatoms. The summed E-state index contributed by atoms with van der Waals surface area (Å²) in [7, 11) is 0. The molecule has 0 bridgehead atoms. The third-order valence-corrected chi connectivity index (χ3v) is 4.02. The molecule has 1 N–H and O–H groups in total. The highest BCUT2D eigenvalue weighted by molar-refractivity contribution is 5.99. The number of amides is 1. The van der Waals surface area contributed by atoms with Crippen LogP contribution in [-0.4, -0.2) is 34.0 Å². The average molecular weight is 287 g/mol. The molecule has 0 saturated carbocycles. The molecule has 2 heterocycles. The Labute approximate surface area is 122 Å². The molecule has 3 unspecified atom stereocenters. The molecule has 2 aliphatic heterocycles. The molecule has 3 rings (SSSR count). The molecular formula is C16H17NO4. The van der Waals surface area contributed by atoms with Crippen LogP contribution in [0.5, 0.6) is 0 Å². The summed E-state index contributed by atoms with van der Waals surface area (Å²) in [6, 6.07) is 9.29. The minimum absolute atomic E-state index is 0.100. The van der Waals surface area contributed by atoms with Gasteiger partial charge in [-0.15, -0.1) is 0 Å². The topological polar surface area (TPSA) is 66.8 Å². The van der Waals surface area contributed by atoms with Gasteiger partial charge in [-0.05, 0) is 18.9 Å². The van der Waals surface area contributed by atoms with E-state index in [-0.39, 0.29) is 18.6 Å². The van der Waals surface area contributed by atoms with Gasteiger partial charge >= 0.3 is 5.97 Å². The molecule has 3 atom stereocenters. The third kappa shape index (κ3) is 2.34. The summed E-state index contributed by atoms with van der Waals surface area (Å²) in [6.45, 7) is 1.79. The van der Waals surface area contributed by atoms with Gasteiger partial charge in [0.2, 0.25) is 5.91 Å². The summed E-state index contributed by atoms with van der Waals surface area (Å²) in [5, 5.41) is 9.58. The van der Waals surface area contributed by atoms with Crippen molar-refractivity contribution in [3.63, 3.8) is 0 Å². The minimum atomic E-state index is -0.688. The zero-order valence-corrected chi connectivity index (χ0v) is 11.7. The standard InChI is InChI=1S/C16H17NO4/c1-10(18)14-12-7-8-13(17(12)15(14)19)16(20)21-9-11-5-3-2-4-6-11/h2-6,8,10,12,14,18H,7,9H2,1H3. The van der Waals surface area contributed by atoms with Crippen LogP contribution in [0, 0.1) is 5.92 Å².